The third-order valence-electron chi connectivity index (χ3n) is 1.25. The summed E-state index contributed by atoms with van der Waals surface area (Å²) >= 11 is 0. The summed E-state index contributed by atoms with van der Waals surface area (Å²) in [6, 6.07) is 0. The van der Waals surface area contributed by atoms with E-state index in [0.29, 0.717) is 5.70 Å². The fourth-order valence-electron chi connectivity index (χ4n) is 0.492. The smallest absolute Gasteiger partial charge is 0.0267 e. The van der Waals surface area contributed by atoms with Crippen LogP contribution in [0, 0.1) is 0 Å². The first-order valence-electron chi connectivity index (χ1n) is 3.30. The second kappa shape index (κ2) is 4.19. The zero-order valence-corrected chi connectivity index (χ0v) is 6.28. The molecule has 1 heteroatoms. The van der Waals surface area contributed by atoms with Crippen molar-refractivity contribution in [3.8, 4) is 0 Å². The van der Waals surface area contributed by atoms with Gasteiger partial charge in [-0.3, -0.25) is 0 Å². The SMILES string of the molecule is C=C(N)/C(C)=C\CCC. The van der Waals surface area contributed by atoms with E-state index >= 15 is 0 Å². The molecule has 0 spiro atoms. The Hall–Kier alpha value is -0.720. The van der Waals surface area contributed by atoms with Gasteiger partial charge in [0.05, 0.1) is 0 Å². The van der Waals surface area contributed by atoms with E-state index in [1.807, 2.05) is 6.92 Å². The Balaban J connectivity index is 3.69. The molecule has 0 aliphatic heterocycles. The highest BCUT2D eigenvalue weighted by atomic mass is 14.6. The van der Waals surface area contributed by atoms with Crippen molar-refractivity contribution >= 4 is 0 Å². The van der Waals surface area contributed by atoms with Crippen LogP contribution in [0.5, 0.6) is 0 Å². The first-order chi connectivity index (χ1) is 4.18. The predicted octanol–water partition coefficient (Wildman–Crippen LogP) is 2.21. The molecule has 0 rings (SSSR count). The second-order valence-corrected chi connectivity index (χ2v) is 2.20. The van der Waals surface area contributed by atoms with Gasteiger partial charge in [0, 0.05) is 5.70 Å². The number of unbranched alkanes of at least 4 members (excludes halogenated alkanes) is 1. The van der Waals surface area contributed by atoms with E-state index in [9.17, 15) is 0 Å². The molecule has 0 saturated heterocycles. The number of allylic oxidation sites excluding steroid dienone is 2. The monoisotopic (exact) mass is 125 g/mol. The van der Waals surface area contributed by atoms with Crippen molar-refractivity contribution < 1.29 is 0 Å². The minimum atomic E-state index is 0.684. The van der Waals surface area contributed by atoms with Crippen molar-refractivity contribution in [2.75, 3.05) is 0 Å². The van der Waals surface area contributed by atoms with Crippen molar-refractivity contribution in [1.29, 1.82) is 0 Å². The lowest BCUT2D eigenvalue weighted by Crippen LogP contribution is -1.95. The Bertz CT molecular complexity index is 123. The summed E-state index contributed by atoms with van der Waals surface area (Å²) in [7, 11) is 0. The van der Waals surface area contributed by atoms with E-state index in [1.54, 1.807) is 0 Å². The summed E-state index contributed by atoms with van der Waals surface area (Å²) in [4.78, 5) is 0. The van der Waals surface area contributed by atoms with Crippen molar-refractivity contribution in [3.05, 3.63) is 23.9 Å². The van der Waals surface area contributed by atoms with Crippen LogP contribution in [0.25, 0.3) is 0 Å². The Morgan fingerprint density at radius 2 is 2.22 bits per heavy atom. The van der Waals surface area contributed by atoms with Crippen LogP contribution in [0.15, 0.2) is 23.9 Å². The van der Waals surface area contributed by atoms with Gasteiger partial charge in [-0.2, -0.15) is 0 Å². The molecule has 52 valence electrons. The molecular formula is C8H15N. The average Bonchev–Trinajstić information content (AvgIpc) is 1.82. The lowest BCUT2D eigenvalue weighted by Gasteiger charge is -1.96. The highest BCUT2D eigenvalue weighted by molar-refractivity contribution is 5.22. The highest BCUT2D eigenvalue weighted by Crippen LogP contribution is 2.01. The molecule has 0 atom stereocenters. The summed E-state index contributed by atoms with van der Waals surface area (Å²) in [6.07, 6.45) is 4.38. The van der Waals surface area contributed by atoms with E-state index in [-0.39, 0.29) is 0 Å². The van der Waals surface area contributed by atoms with Gasteiger partial charge in [-0.05, 0) is 18.9 Å². The standard InChI is InChI=1S/C8H15N/c1-4-5-6-7(2)8(3)9/h6H,3-5,9H2,1-2H3/b7-6-. The summed E-state index contributed by atoms with van der Waals surface area (Å²) in [6.45, 7) is 7.74. The zero-order valence-electron chi connectivity index (χ0n) is 6.28. The molecule has 0 aliphatic rings. The van der Waals surface area contributed by atoms with Crippen LogP contribution < -0.4 is 5.73 Å². The zero-order chi connectivity index (χ0) is 7.28. The van der Waals surface area contributed by atoms with Gasteiger partial charge in [-0.25, -0.2) is 0 Å². The molecule has 2 N–H and O–H groups in total. The Morgan fingerprint density at radius 3 is 2.56 bits per heavy atom. The molecule has 0 amide bonds. The van der Waals surface area contributed by atoms with E-state index in [2.05, 4.69) is 19.6 Å². The quantitative estimate of drug-likeness (QED) is 0.575. The van der Waals surface area contributed by atoms with Gasteiger partial charge < -0.3 is 5.73 Å². The molecule has 0 fully saturated rings. The number of rotatable bonds is 3. The average molecular weight is 125 g/mol. The summed E-state index contributed by atoms with van der Waals surface area (Å²) in [5, 5.41) is 0. The molecule has 0 aromatic heterocycles. The van der Waals surface area contributed by atoms with Gasteiger partial charge in [-0.15, -0.1) is 0 Å². The third-order valence-corrected chi connectivity index (χ3v) is 1.25. The van der Waals surface area contributed by atoms with Crippen LogP contribution >= 0.6 is 0 Å². The second-order valence-electron chi connectivity index (χ2n) is 2.20. The van der Waals surface area contributed by atoms with Gasteiger partial charge in [-0.1, -0.05) is 26.0 Å². The maximum Gasteiger partial charge on any atom is 0.0267 e. The first-order valence-corrected chi connectivity index (χ1v) is 3.30. The van der Waals surface area contributed by atoms with Gasteiger partial charge in [0.25, 0.3) is 0 Å². The van der Waals surface area contributed by atoms with Crippen LogP contribution in [-0.2, 0) is 0 Å². The van der Waals surface area contributed by atoms with E-state index in [4.69, 9.17) is 5.73 Å². The first kappa shape index (κ1) is 8.28. The molecule has 0 aromatic carbocycles. The van der Waals surface area contributed by atoms with Crippen molar-refractivity contribution in [2.24, 2.45) is 5.73 Å². The van der Waals surface area contributed by atoms with Crippen LogP contribution in [0.1, 0.15) is 26.7 Å². The summed E-state index contributed by atoms with van der Waals surface area (Å²) < 4.78 is 0. The summed E-state index contributed by atoms with van der Waals surface area (Å²) in [5.41, 5.74) is 7.21. The Labute approximate surface area is 57.3 Å². The molecule has 0 bridgehead atoms. The van der Waals surface area contributed by atoms with Crippen molar-refractivity contribution in [1.82, 2.24) is 0 Å². The van der Waals surface area contributed by atoms with E-state index in [0.717, 1.165) is 12.0 Å². The normalized spacial score (nSPS) is 11.6. The Kier molecular flexibility index (Phi) is 3.85. The largest absolute Gasteiger partial charge is 0.399 e. The summed E-state index contributed by atoms with van der Waals surface area (Å²) in [5.74, 6) is 0. The fraction of sp³-hybridized carbons (Fsp3) is 0.500. The predicted molar refractivity (Wildman–Crippen MR) is 42.0 cm³/mol. The van der Waals surface area contributed by atoms with Crippen LogP contribution in [-0.4, -0.2) is 0 Å². The molecule has 0 aliphatic carbocycles. The molecule has 0 aromatic rings. The minimum absolute atomic E-state index is 0.684. The van der Waals surface area contributed by atoms with Gasteiger partial charge in [0.2, 0.25) is 0 Å². The molecule has 0 heterocycles. The van der Waals surface area contributed by atoms with Gasteiger partial charge in [0.15, 0.2) is 0 Å². The molecular weight excluding hydrogens is 110 g/mol. The van der Waals surface area contributed by atoms with Crippen molar-refractivity contribution in [3.63, 3.8) is 0 Å². The minimum Gasteiger partial charge on any atom is -0.399 e. The number of hydrogen-bond acceptors (Lipinski definition) is 1. The van der Waals surface area contributed by atoms with Crippen molar-refractivity contribution in [2.45, 2.75) is 26.7 Å². The molecule has 0 radical (unpaired) electrons. The van der Waals surface area contributed by atoms with Crippen LogP contribution in [0.3, 0.4) is 0 Å². The van der Waals surface area contributed by atoms with E-state index < -0.39 is 0 Å². The molecule has 9 heavy (non-hydrogen) atoms. The third kappa shape index (κ3) is 3.83. The lowest BCUT2D eigenvalue weighted by atomic mass is 10.2. The van der Waals surface area contributed by atoms with Gasteiger partial charge >= 0.3 is 0 Å². The van der Waals surface area contributed by atoms with Gasteiger partial charge in [0.1, 0.15) is 0 Å². The fourth-order valence-corrected chi connectivity index (χ4v) is 0.492. The molecule has 1 nitrogen and oxygen atoms in total. The number of nitrogens with two attached hydrogens (primary N) is 1. The number of hydrogen-bond donors (Lipinski definition) is 1. The maximum absolute atomic E-state index is 5.41. The van der Waals surface area contributed by atoms with Crippen LogP contribution in [0.4, 0.5) is 0 Å². The lowest BCUT2D eigenvalue weighted by molar-refractivity contribution is 0.949. The van der Waals surface area contributed by atoms with E-state index in [1.165, 1.54) is 6.42 Å². The molecule has 0 saturated carbocycles. The maximum atomic E-state index is 5.41. The topological polar surface area (TPSA) is 26.0 Å². The van der Waals surface area contributed by atoms with Crippen LogP contribution in [0.2, 0.25) is 0 Å². The highest BCUT2D eigenvalue weighted by Gasteiger charge is 1.86. The Morgan fingerprint density at radius 1 is 1.67 bits per heavy atom. The molecule has 0 unspecified atom stereocenters.